The number of benzene rings is 1. The molecule has 0 aliphatic carbocycles. The van der Waals surface area contributed by atoms with Crippen molar-refractivity contribution in [1.82, 2.24) is 14.5 Å². The number of aromatic nitrogens is 2. The van der Waals surface area contributed by atoms with Crippen LogP contribution in [0.1, 0.15) is 28.7 Å². The quantitative estimate of drug-likeness (QED) is 0.926. The van der Waals surface area contributed by atoms with Crippen molar-refractivity contribution in [3.05, 3.63) is 52.6 Å². The number of halogens is 1. The average molecular weight is 318 g/mol. The van der Waals surface area contributed by atoms with Crippen LogP contribution in [0.15, 0.2) is 30.6 Å². The lowest BCUT2D eigenvalue weighted by atomic mass is 10.1. The van der Waals surface area contributed by atoms with Crippen LogP contribution in [0, 0.1) is 0 Å². The highest BCUT2D eigenvalue weighted by Gasteiger charge is 2.27. The van der Waals surface area contributed by atoms with Crippen LogP contribution in [-0.2, 0) is 6.54 Å². The van der Waals surface area contributed by atoms with E-state index < -0.39 is 6.10 Å². The van der Waals surface area contributed by atoms with Crippen LogP contribution in [-0.4, -0.2) is 38.6 Å². The number of imidazole rings is 1. The summed E-state index contributed by atoms with van der Waals surface area (Å²) in [6.07, 6.45) is 4.56. The predicted molar refractivity (Wildman–Crippen MR) is 85.1 cm³/mol. The molecule has 0 fully saturated rings. The Kier molecular flexibility index (Phi) is 3.76. The first-order chi connectivity index (χ1) is 10.5. The molecular formula is C16H16ClN3O2. The highest BCUT2D eigenvalue weighted by Crippen LogP contribution is 2.30. The standard InChI is InChI=1S/C16H16ClN3O2/c1-10(21)6-7-12-14-8-19(2)16(22)15-11(17)4-3-5-13(15)20(14)9-18-12/h3-7,9-10,21H,8H2,1-2H3. The van der Waals surface area contributed by atoms with Crippen molar-refractivity contribution in [3.63, 3.8) is 0 Å². The smallest absolute Gasteiger partial charge is 0.257 e. The summed E-state index contributed by atoms with van der Waals surface area (Å²) in [5, 5.41) is 9.82. The van der Waals surface area contributed by atoms with Crippen molar-refractivity contribution in [2.75, 3.05) is 7.05 Å². The van der Waals surface area contributed by atoms with Crippen LogP contribution in [0.2, 0.25) is 5.02 Å². The third-order valence-electron chi connectivity index (χ3n) is 3.63. The molecule has 22 heavy (non-hydrogen) atoms. The molecule has 1 N–H and O–H groups in total. The molecule has 1 aromatic heterocycles. The Bertz CT molecular complexity index is 765. The topological polar surface area (TPSA) is 58.4 Å². The normalized spacial score (nSPS) is 15.6. The highest BCUT2D eigenvalue weighted by atomic mass is 35.5. The Balaban J connectivity index is 2.20. The number of nitrogens with zero attached hydrogens (tertiary/aromatic N) is 3. The van der Waals surface area contributed by atoms with Gasteiger partial charge in [0.2, 0.25) is 0 Å². The number of hydrogen-bond acceptors (Lipinski definition) is 3. The van der Waals surface area contributed by atoms with E-state index in [9.17, 15) is 9.90 Å². The molecule has 1 aliphatic rings. The lowest BCUT2D eigenvalue weighted by molar-refractivity contribution is 0.0788. The average Bonchev–Trinajstić information content (AvgIpc) is 2.82. The van der Waals surface area contributed by atoms with Crippen LogP contribution in [0.3, 0.4) is 0 Å². The Morgan fingerprint density at radius 3 is 2.95 bits per heavy atom. The van der Waals surface area contributed by atoms with Crippen molar-refractivity contribution in [2.24, 2.45) is 0 Å². The van der Waals surface area contributed by atoms with Gasteiger partial charge in [-0.2, -0.15) is 0 Å². The largest absolute Gasteiger partial charge is 0.389 e. The van der Waals surface area contributed by atoms with Gasteiger partial charge in [0.05, 0.1) is 40.3 Å². The van der Waals surface area contributed by atoms with Crippen LogP contribution >= 0.6 is 11.6 Å². The van der Waals surface area contributed by atoms with Crippen molar-refractivity contribution >= 4 is 23.6 Å². The maximum atomic E-state index is 12.6. The van der Waals surface area contributed by atoms with E-state index in [1.165, 1.54) is 0 Å². The summed E-state index contributed by atoms with van der Waals surface area (Å²) < 4.78 is 1.88. The van der Waals surface area contributed by atoms with Gasteiger partial charge in [-0.15, -0.1) is 0 Å². The van der Waals surface area contributed by atoms with Gasteiger partial charge in [0.25, 0.3) is 5.91 Å². The molecule has 0 radical (unpaired) electrons. The zero-order chi connectivity index (χ0) is 15.9. The Morgan fingerprint density at radius 1 is 1.45 bits per heavy atom. The molecule has 1 aliphatic heterocycles. The third kappa shape index (κ3) is 2.42. The fraction of sp³-hybridized carbons (Fsp3) is 0.250. The minimum absolute atomic E-state index is 0.116. The minimum Gasteiger partial charge on any atom is -0.389 e. The zero-order valence-electron chi connectivity index (χ0n) is 12.3. The first kappa shape index (κ1) is 14.8. The second-order valence-electron chi connectivity index (χ2n) is 5.34. The summed E-state index contributed by atoms with van der Waals surface area (Å²) in [6.45, 7) is 2.10. The van der Waals surface area contributed by atoms with Crippen LogP contribution < -0.4 is 0 Å². The summed E-state index contributed by atoms with van der Waals surface area (Å²) >= 11 is 6.22. The SMILES string of the molecule is CC(O)C=Cc1ncn2c1CN(C)C(=O)c1c(Cl)cccc1-2. The van der Waals surface area contributed by atoms with E-state index in [4.69, 9.17) is 11.6 Å². The first-order valence-corrected chi connectivity index (χ1v) is 7.33. The van der Waals surface area contributed by atoms with Gasteiger partial charge in [-0.3, -0.25) is 9.36 Å². The fourth-order valence-electron chi connectivity index (χ4n) is 2.53. The molecule has 6 heteroatoms. The molecule has 114 valence electrons. The van der Waals surface area contributed by atoms with Gasteiger partial charge in [0.1, 0.15) is 6.33 Å². The molecule has 3 rings (SSSR count). The molecule has 2 aromatic rings. The van der Waals surface area contributed by atoms with Gasteiger partial charge in [-0.05, 0) is 25.1 Å². The Labute approximate surface area is 133 Å². The molecule has 0 bridgehead atoms. The van der Waals surface area contributed by atoms with Gasteiger partial charge >= 0.3 is 0 Å². The molecule has 2 heterocycles. The molecule has 1 unspecified atom stereocenters. The van der Waals surface area contributed by atoms with Gasteiger partial charge in [-0.25, -0.2) is 4.98 Å². The number of amides is 1. The summed E-state index contributed by atoms with van der Waals surface area (Å²) in [6, 6.07) is 5.38. The third-order valence-corrected chi connectivity index (χ3v) is 3.94. The van der Waals surface area contributed by atoms with Crippen molar-refractivity contribution in [2.45, 2.75) is 19.6 Å². The molecule has 1 aromatic carbocycles. The molecule has 5 nitrogen and oxygen atoms in total. The van der Waals surface area contributed by atoms with E-state index in [0.29, 0.717) is 17.1 Å². The lowest BCUT2D eigenvalue weighted by Crippen LogP contribution is -2.25. The van der Waals surface area contributed by atoms with E-state index >= 15 is 0 Å². The van der Waals surface area contributed by atoms with E-state index in [2.05, 4.69) is 4.98 Å². The van der Waals surface area contributed by atoms with Crippen LogP contribution in [0.4, 0.5) is 0 Å². The van der Waals surface area contributed by atoms with E-state index in [1.807, 2.05) is 16.7 Å². The van der Waals surface area contributed by atoms with Gasteiger partial charge in [0.15, 0.2) is 0 Å². The van der Waals surface area contributed by atoms with Gasteiger partial charge in [-0.1, -0.05) is 23.7 Å². The molecular weight excluding hydrogens is 302 g/mol. The van der Waals surface area contributed by atoms with Crippen molar-refractivity contribution in [3.8, 4) is 5.69 Å². The summed E-state index contributed by atoms with van der Waals surface area (Å²) in [7, 11) is 1.74. The number of carbonyl (C=O) groups is 1. The van der Waals surface area contributed by atoms with Crippen molar-refractivity contribution < 1.29 is 9.90 Å². The zero-order valence-corrected chi connectivity index (χ0v) is 13.1. The summed E-state index contributed by atoms with van der Waals surface area (Å²) in [5.74, 6) is -0.116. The number of carbonyl (C=O) groups excluding carboxylic acids is 1. The van der Waals surface area contributed by atoms with Gasteiger partial charge in [0, 0.05) is 7.05 Å². The number of fused-ring (bicyclic) bond motifs is 3. The molecule has 0 saturated carbocycles. The van der Waals surface area contributed by atoms with E-state index in [1.54, 1.807) is 43.4 Å². The number of aliphatic hydroxyl groups is 1. The Morgan fingerprint density at radius 2 is 2.23 bits per heavy atom. The van der Waals surface area contributed by atoms with E-state index in [-0.39, 0.29) is 5.91 Å². The summed E-state index contributed by atoms with van der Waals surface area (Å²) in [5.41, 5.74) is 2.82. The number of hydrogen-bond donors (Lipinski definition) is 1. The summed E-state index contributed by atoms with van der Waals surface area (Å²) in [4.78, 5) is 18.6. The number of rotatable bonds is 2. The molecule has 0 spiro atoms. The molecule has 0 saturated heterocycles. The van der Waals surface area contributed by atoms with Crippen LogP contribution in [0.25, 0.3) is 11.8 Å². The lowest BCUT2D eigenvalue weighted by Gasteiger charge is -2.14. The number of aliphatic hydroxyl groups excluding tert-OH is 1. The first-order valence-electron chi connectivity index (χ1n) is 6.96. The maximum Gasteiger partial charge on any atom is 0.257 e. The second-order valence-corrected chi connectivity index (χ2v) is 5.75. The maximum absolute atomic E-state index is 12.6. The highest BCUT2D eigenvalue weighted by molar-refractivity contribution is 6.34. The monoisotopic (exact) mass is 317 g/mol. The van der Waals surface area contributed by atoms with E-state index in [0.717, 1.165) is 17.1 Å². The Hall–Kier alpha value is -2.11. The predicted octanol–water partition coefficient (Wildman–Crippen LogP) is 2.51. The minimum atomic E-state index is -0.552. The van der Waals surface area contributed by atoms with Crippen LogP contribution in [0.5, 0.6) is 0 Å². The second kappa shape index (κ2) is 5.59. The fourth-order valence-corrected chi connectivity index (χ4v) is 2.78. The van der Waals surface area contributed by atoms with Gasteiger partial charge < -0.3 is 10.0 Å². The molecule has 1 amide bonds. The van der Waals surface area contributed by atoms with Crippen molar-refractivity contribution in [1.29, 1.82) is 0 Å². The molecule has 1 atom stereocenters.